The summed E-state index contributed by atoms with van der Waals surface area (Å²) < 4.78 is 0.690. The topological polar surface area (TPSA) is 72.2 Å². The van der Waals surface area contributed by atoms with E-state index in [0.29, 0.717) is 9.13 Å². The van der Waals surface area contributed by atoms with Crippen LogP contribution < -0.4 is 5.32 Å². The van der Waals surface area contributed by atoms with Gasteiger partial charge in [0.1, 0.15) is 0 Å². The van der Waals surface area contributed by atoms with Gasteiger partial charge in [-0.3, -0.25) is 14.9 Å². The zero-order valence-corrected chi connectivity index (χ0v) is 11.9. The van der Waals surface area contributed by atoms with E-state index in [9.17, 15) is 14.9 Å². The van der Waals surface area contributed by atoms with E-state index in [2.05, 4.69) is 5.32 Å². The van der Waals surface area contributed by atoms with Crippen molar-refractivity contribution in [3.05, 3.63) is 37.4 Å². The number of hydrogen-bond acceptors (Lipinski definition) is 3. The van der Waals surface area contributed by atoms with E-state index < -0.39 is 4.92 Å². The Morgan fingerprint density at radius 2 is 2.00 bits per heavy atom. The number of nitro benzene ring substituents is 1. The van der Waals surface area contributed by atoms with E-state index in [4.69, 9.17) is 0 Å². The average Bonchev–Trinajstić information content (AvgIpc) is 2.14. The van der Waals surface area contributed by atoms with E-state index in [-0.39, 0.29) is 17.1 Å². The molecule has 0 unspecified atom stereocenters. The lowest BCUT2D eigenvalue weighted by atomic mass is 10.1. The highest BCUT2D eigenvalue weighted by molar-refractivity contribution is 14.1. The molecule has 0 spiro atoms. The molecule has 0 radical (unpaired) electrons. The SMILES string of the molecule is CC(C)(C)NC(=O)c1cc([N+](=O)[O-])ccc1I. The van der Waals surface area contributed by atoms with Gasteiger partial charge in [0.15, 0.2) is 0 Å². The molecule has 0 aliphatic carbocycles. The number of rotatable bonds is 2. The van der Waals surface area contributed by atoms with Crippen molar-refractivity contribution in [2.24, 2.45) is 0 Å². The Hall–Kier alpha value is -1.18. The van der Waals surface area contributed by atoms with E-state index in [1.165, 1.54) is 12.1 Å². The molecule has 17 heavy (non-hydrogen) atoms. The Bertz CT molecular complexity index is 466. The number of carbonyl (C=O) groups excluding carboxylic acids is 1. The van der Waals surface area contributed by atoms with E-state index in [1.807, 2.05) is 43.4 Å². The molecule has 1 N–H and O–H groups in total. The molecule has 1 rings (SSSR count). The molecule has 0 aliphatic rings. The molecule has 0 fully saturated rings. The summed E-state index contributed by atoms with van der Waals surface area (Å²) in [5, 5.41) is 13.4. The van der Waals surface area contributed by atoms with Crippen LogP contribution in [-0.4, -0.2) is 16.4 Å². The van der Waals surface area contributed by atoms with Gasteiger partial charge < -0.3 is 5.32 Å². The van der Waals surface area contributed by atoms with Crippen LogP contribution in [0.15, 0.2) is 18.2 Å². The van der Waals surface area contributed by atoms with Gasteiger partial charge >= 0.3 is 0 Å². The number of nitro groups is 1. The van der Waals surface area contributed by atoms with Gasteiger partial charge in [-0.15, -0.1) is 0 Å². The maximum absolute atomic E-state index is 11.9. The van der Waals surface area contributed by atoms with Crippen molar-refractivity contribution >= 4 is 34.2 Å². The minimum absolute atomic E-state index is 0.0792. The Balaban J connectivity index is 3.08. The Kier molecular flexibility index (Phi) is 4.07. The fraction of sp³-hybridized carbons (Fsp3) is 0.364. The summed E-state index contributed by atoms with van der Waals surface area (Å²) in [7, 11) is 0. The molecule has 5 nitrogen and oxygen atoms in total. The lowest BCUT2D eigenvalue weighted by molar-refractivity contribution is -0.384. The minimum atomic E-state index is -0.510. The molecule has 0 saturated carbocycles. The van der Waals surface area contributed by atoms with Crippen LogP contribution in [0.2, 0.25) is 0 Å². The second kappa shape index (κ2) is 4.99. The molecule has 0 heterocycles. The monoisotopic (exact) mass is 348 g/mol. The lowest BCUT2D eigenvalue weighted by Gasteiger charge is -2.20. The maximum Gasteiger partial charge on any atom is 0.270 e. The van der Waals surface area contributed by atoms with Crippen molar-refractivity contribution in [3.8, 4) is 0 Å². The molecule has 0 aliphatic heterocycles. The van der Waals surface area contributed by atoms with Crippen LogP contribution in [0.25, 0.3) is 0 Å². The molecule has 92 valence electrons. The molecular weight excluding hydrogens is 335 g/mol. The molecule has 0 bridgehead atoms. The van der Waals surface area contributed by atoms with Gasteiger partial charge in [-0.25, -0.2) is 0 Å². The van der Waals surface area contributed by atoms with Gasteiger partial charge in [0, 0.05) is 21.2 Å². The standard InChI is InChI=1S/C11H13IN2O3/c1-11(2,3)13-10(15)8-6-7(14(16)17)4-5-9(8)12/h4-6H,1-3H3,(H,13,15). The van der Waals surface area contributed by atoms with E-state index >= 15 is 0 Å². The minimum Gasteiger partial charge on any atom is -0.347 e. The normalized spacial score (nSPS) is 11.1. The second-order valence-corrected chi connectivity index (χ2v) is 5.79. The largest absolute Gasteiger partial charge is 0.347 e. The van der Waals surface area contributed by atoms with Crippen molar-refractivity contribution in [1.82, 2.24) is 5.32 Å². The van der Waals surface area contributed by atoms with Crippen LogP contribution in [0, 0.1) is 13.7 Å². The van der Waals surface area contributed by atoms with Crippen LogP contribution in [-0.2, 0) is 0 Å². The summed E-state index contributed by atoms with van der Waals surface area (Å²) in [5.41, 5.74) is -0.121. The van der Waals surface area contributed by atoms with Crippen LogP contribution in [0.5, 0.6) is 0 Å². The number of hydrogen-bond donors (Lipinski definition) is 1. The summed E-state index contributed by atoms with van der Waals surface area (Å²) in [6, 6.07) is 4.24. The molecule has 0 atom stereocenters. The Morgan fingerprint density at radius 3 is 2.47 bits per heavy atom. The number of non-ortho nitro benzene ring substituents is 1. The number of nitrogens with one attached hydrogen (secondary N) is 1. The van der Waals surface area contributed by atoms with Gasteiger partial charge in [-0.05, 0) is 49.4 Å². The Labute approximate surface area is 113 Å². The number of amides is 1. The van der Waals surface area contributed by atoms with Crippen molar-refractivity contribution in [1.29, 1.82) is 0 Å². The van der Waals surface area contributed by atoms with Crippen LogP contribution >= 0.6 is 22.6 Å². The lowest BCUT2D eigenvalue weighted by Crippen LogP contribution is -2.40. The van der Waals surface area contributed by atoms with Crippen LogP contribution in [0.3, 0.4) is 0 Å². The zero-order chi connectivity index (χ0) is 13.2. The third-order valence-electron chi connectivity index (χ3n) is 1.89. The first-order chi connectivity index (χ1) is 7.70. The van der Waals surface area contributed by atoms with Gasteiger partial charge in [-0.2, -0.15) is 0 Å². The summed E-state index contributed by atoms with van der Waals surface area (Å²) in [6.45, 7) is 5.57. The van der Waals surface area contributed by atoms with Gasteiger partial charge in [0.2, 0.25) is 0 Å². The van der Waals surface area contributed by atoms with Gasteiger partial charge in [0.05, 0.1) is 10.5 Å². The third kappa shape index (κ3) is 3.95. The third-order valence-corrected chi connectivity index (χ3v) is 2.83. The zero-order valence-electron chi connectivity index (χ0n) is 9.78. The average molecular weight is 348 g/mol. The molecular formula is C11H13IN2O3. The summed E-state index contributed by atoms with van der Waals surface area (Å²) in [5.74, 6) is -0.300. The predicted octanol–water partition coefficient (Wildman–Crippen LogP) is 2.73. The molecule has 1 amide bonds. The molecule has 0 aromatic heterocycles. The summed E-state index contributed by atoms with van der Waals surface area (Å²) in [6.07, 6.45) is 0. The number of nitrogens with zero attached hydrogens (tertiary/aromatic N) is 1. The highest BCUT2D eigenvalue weighted by Crippen LogP contribution is 2.20. The first-order valence-corrected chi connectivity index (χ1v) is 6.05. The van der Waals surface area contributed by atoms with Crippen molar-refractivity contribution < 1.29 is 9.72 Å². The van der Waals surface area contributed by atoms with Crippen LogP contribution in [0.4, 0.5) is 5.69 Å². The molecule has 1 aromatic carbocycles. The van der Waals surface area contributed by atoms with Crippen LogP contribution in [0.1, 0.15) is 31.1 Å². The molecule has 1 aromatic rings. The molecule has 0 saturated heterocycles. The number of halogens is 1. The number of carbonyl (C=O) groups is 1. The van der Waals surface area contributed by atoms with Gasteiger partial charge in [-0.1, -0.05) is 0 Å². The first-order valence-electron chi connectivity index (χ1n) is 4.97. The van der Waals surface area contributed by atoms with E-state index in [0.717, 1.165) is 0 Å². The van der Waals surface area contributed by atoms with Gasteiger partial charge in [0.25, 0.3) is 11.6 Å². The maximum atomic E-state index is 11.9. The predicted molar refractivity (Wildman–Crippen MR) is 73.0 cm³/mol. The summed E-state index contributed by atoms with van der Waals surface area (Å²) in [4.78, 5) is 22.1. The quantitative estimate of drug-likeness (QED) is 0.507. The smallest absolute Gasteiger partial charge is 0.270 e. The Morgan fingerprint density at radius 1 is 1.41 bits per heavy atom. The fourth-order valence-electron chi connectivity index (χ4n) is 1.21. The summed E-state index contributed by atoms with van der Waals surface area (Å²) >= 11 is 1.98. The number of benzene rings is 1. The second-order valence-electron chi connectivity index (χ2n) is 4.63. The highest BCUT2D eigenvalue weighted by Gasteiger charge is 2.19. The van der Waals surface area contributed by atoms with Crippen molar-refractivity contribution in [2.45, 2.75) is 26.3 Å². The van der Waals surface area contributed by atoms with Crippen molar-refractivity contribution in [2.75, 3.05) is 0 Å². The highest BCUT2D eigenvalue weighted by atomic mass is 127. The van der Waals surface area contributed by atoms with Crippen molar-refractivity contribution in [3.63, 3.8) is 0 Å². The van der Waals surface area contributed by atoms with E-state index in [1.54, 1.807) is 6.07 Å². The first kappa shape index (κ1) is 13.9. The molecule has 6 heteroatoms. The fourth-order valence-corrected chi connectivity index (χ4v) is 1.79.